The number of hydrogen-bond acceptors (Lipinski definition) is 3. The van der Waals surface area contributed by atoms with E-state index in [4.69, 9.17) is 0 Å². The Labute approximate surface area is 87.9 Å². The zero-order valence-corrected chi connectivity index (χ0v) is 8.59. The molecule has 0 fully saturated rings. The summed E-state index contributed by atoms with van der Waals surface area (Å²) in [5.74, 6) is -0.389. The molecule has 0 unspecified atom stereocenters. The maximum Gasteiger partial charge on any atom is 0.216 e. The van der Waals surface area contributed by atoms with Gasteiger partial charge in [0.15, 0.2) is 0 Å². The lowest BCUT2D eigenvalue weighted by Crippen LogP contribution is -2.29. The van der Waals surface area contributed by atoms with Gasteiger partial charge in [0.05, 0.1) is 6.20 Å². The fraction of sp³-hybridized carbons (Fsp3) is 0.400. The van der Waals surface area contributed by atoms with Gasteiger partial charge in [-0.3, -0.25) is 9.78 Å². The lowest BCUT2D eigenvalue weighted by Gasteiger charge is -2.04. The highest BCUT2D eigenvalue weighted by Crippen LogP contribution is 1.99. The van der Waals surface area contributed by atoms with Gasteiger partial charge in [-0.05, 0) is 11.6 Å². The van der Waals surface area contributed by atoms with Gasteiger partial charge in [-0.25, -0.2) is 4.39 Å². The maximum atomic E-state index is 12.7. The second kappa shape index (κ2) is 6.08. The van der Waals surface area contributed by atoms with Crippen LogP contribution in [0.2, 0.25) is 0 Å². The summed E-state index contributed by atoms with van der Waals surface area (Å²) in [4.78, 5) is 14.2. The van der Waals surface area contributed by atoms with Crippen LogP contribution in [0, 0.1) is 5.82 Å². The topological polar surface area (TPSA) is 54.0 Å². The molecule has 1 amide bonds. The molecule has 0 aliphatic heterocycles. The molecule has 5 heteroatoms. The van der Waals surface area contributed by atoms with Gasteiger partial charge in [0.2, 0.25) is 5.91 Å². The molecule has 0 saturated heterocycles. The van der Waals surface area contributed by atoms with Crippen molar-refractivity contribution in [1.82, 2.24) is 15.6 Å². The molecule has 1 aromatic heterocycles. The van der Waals surface area contributed by atoms with E-state index in [1.165, 1.54) is 19.2 Å². The van der Waals surface area contributed by atoms with Gasteiger partial charge in [0.1, 0.15) is 5.82 Å². The Morgan fingerprint density at radius 2 is 2.27 bits per heavy atom. The summed E-state index contributed by atoms with van der Waals surface area (Å²) in [6, 6.07) is 1.43. The SMILES string of the molecule is CC(=O)NCCNCc1cncc(F)c1. The van der Waals surface area contributed by atoms with E-state index in [1.54, 1.807) is 6.20 Å². The summed E-state index contributed by atoms with van der Waals surface area (Å²) in [5, 5.41) is 5.71. The largest absolute Gasteiger partial charge is 0.355 e. The number of hydrogen-bond donors (Lipinski definition) is 2. The van der Waals surface area contributed by atoms with E-state index in [1.807, 2.05) is 0 Å². The third-order valence-corrected chi connectivity index (χ3v) is 1.77. The number of pyridine rings is 1. The molecular weight excluding hydrogens is 197 g/mol. The number of halogens is 1. The molecule has 1 rings (SSSR count). The van der Waals surface area contributed by atoms with Crippen LogP contribution in [-0.4, -0.2) is 24.0 Å². The molecule has 0 bridgehead atoms. The second-order valence-electron chi connectivity index (χ2n) is 3.17. The van der Waals surface area contributed by atoms with Crippen LogP contribution >= 0.6 is 0 Å². The van der Waals surface area contributed by atoms with E-state index < -0.39 is 0 Å². The van der Waals surface area contributed by atoms with E-state index in [-0.39, 0.29) is 11.7 Å². The number of carbonyl (C=O) groups excluding carboxylic acids is 1. The summed E-state index contributed by atoms with van der Waals surface area (Å²) in [6.45, 7) is 3.23. The molecule has 0 aromatic carbocycles. The van der Waals surface area contributed by atoms with E-state index in [0.717, 1.165) is 5.56 Å². The van der Waals surface area contributed by atoms with Gasteiger partial charge in [0, 0.05) is 32.8 Å². The van der Waals surface area contributed by atoms with Crippen molar-refractivity contribution in [2.45, 2.75) is 13.5 Å². The average molecular weight is 211 g/mol. The van der Waals surface area contributed by atoms with Gasteiger partial charge >= 0.3 is 0 Å². The first-order chi connectivity index (χ1) is 7.18. The number of amides is 1. The Morgan fingerprint density at radius 3 is 2.93 bits per heavy atom. The van der Waals surface area contributed by atoms with Gasteiger partial charge in [-0.15, -0.1) is 0 Å². The van der Waals surface area contributed by atoms with Gasteiger partial charge in [-0.2, -0.15) is 0 Å². The summed E-state index contributed by atoms with van der Waals surface area (Å²) in [5.41, 5.74) is 0.790. The molecule has 0 radical (unpaired) electrons. The van der Waals surface area contributed by atoms with E-state index in [0.29, 0.717) is 19.6 Å². The summed E-state index contributed by atoms with van der Waals surface area (Å²) < 4.78 is 12.7. The summed E-state index contributed by atoms with van der Waals surface area (Å²) >= 11 is 0. The highest BCUT2D eigenvalue weighted by atomic mass is 19.1. The monoisotopic (exact) mass is 211 g/mol. The minimum Gasteiger partial charge on any atom is -0.355 e. The van der Waals surface area contributed by atoms with Crippen LogP contribution in [0.15, 0.2) is 18.5 Å². The Hall–Kier alpha value is -1.49. The van der Waals surface area contributed by atoms with Crippen LogP contribution in [0.1, 0.15) is 12.5 Å². The molecule has 2 N–H and O–H groups in total. The first-order valence-corrected chi connectivity index (χ1v) is 4.73. The van der Waals surface area contributed by atoms with Crippen molar-refractivity contribution in [3.05, 3.63) is 29.8 Å². The van der Waals surface area contributed by atoms with E-state index >= 15 is 0 Å². The van der Waals surface area contributed by atoms with Crippen LogP contribution in [0.5, 0.6) is 0 Å². The van der Waals surface area contributed by atoms with Crippen LogP contribution in [-0.2, 0) is 11.3 Å². The highest BCUT2D eigenvalue weighted by molar-refractivity contribution is 5.72. The van der Waals surface area contributed by atoms with Gasteiger partial charge in [-0.1, -0.05) is 0 Å². The Bertz CT molecular complexity index is 330. The number of aromatic nitrogens is 1. The van der Waals surface area contributed by atoms with Crippen molar-refractivity contribution < 1.29 is 9.18 Å². The molecule has 0 aliphatic carbocycles. The number of rotatable bonds is 5. The third kappa shape index (κ3) is 5.07. The summed E-state index contributed by atoms with van der Waals surface area (Å²) in [7, 11) is 0. The molecule has 82 valence electrons. The van der Waals surface area contributed by atoms with Crippen molar-refractivity contribution in [1.29, 1.82) is 0 Å². The minimum absolute atomic E-state index is 0.0516. The minimum atomic E-state index is -0.337. The molecule has 0 atom stereocenters. The first-order valence-electron chi connectivity index (χ1n) is 4.73. The molecule has 15 heavy (non-hydrogen) atoms. The van der Waals surface area contributed by atoms with E-state index in [9.17, 15) is 9.18 Å². The quantitative estimate of drug-likeness (QED) is 0.695. The lowest BCUT2D eigenvalue weighted by atomic mass is 10.3. The fourth-order valence-corrected chi connectivity index (χ4v) is 1.11. The predicted molar refractivity (Wildman–Crippen MR) is 54.6 cm³/mol. The van der Waals surface area contributed by atoms with Gasteiger partial charge < -0.3 is 10.6 Å². The number of nitrogens with zero attached hydrogens (tertiary/aromatic N) is 1. The zero-order valence-electron chi connectivity index (χ0n) is 8.59. The predicted octanol–water partition coefficient (Wildman–Crippen LogP) is 0.446. The average Bonchev–Trinajstić information content (AvgIpc) is 2.17. The standard InChI is InChI=1S/C10H14FN3O/c1-8(15)14-3-2-12-5-9-4-10(11)7-13-6-9/h4,6-7,12H,2-3,5H2,1H3,(H,14,15). The molecule has 0 saturated carbocycles. The van der Waals surface area contributed by atoms with Crippen molar-refractivity contribution >= 4 is 5.91 Å². The van der Waals surface area contributed by atoms with Crippen molar-refractivity contribution in [2.24, 2.45) is 0 Å². The van der Waals surface area contributed by atoms with Crippen LogP contribution in [0.4, 0.5) is 4.39 Å². The third-order valence-electron chi connectivity index (χ3n) is 1.77. The normalized spacial score (nSPS) is 10.0. The number of nitrogens with one attached hydrogen (secondary N) is 2. The number of carbonyl (C=O) groups is 1. The van der Waals surface area contributed by atoms with Crippen molar-refractivity contribution in [3.8, 4) is 0 Å². The van der Waals surface area contributed by atoms with E-state index in [2.05, 4.69) is 15.6 Å². The zero-order chi connectivity index (χ0) is 11.1. The molecule has 0 spiro atoms. The molecule has 0 aliphatic rings. The Balaban J connectivity index is 2.17. The summed E-state index contributed by atoms with van der Waals surface area (Å²) in [6.07, 6.45) is 2.77. The van der Waals surface area contributed by atoms with Crippen LogP contribution in [0.3, 0.4) is 0 Å². The van der Waals surface area contributed by atoms with Gasteiger partial charge in [0.25, 0.3) is 0 Å². The second-order valence-corrected chi connectivity index (χ2v) is 3.17. The fourth-order valence-electron chi connectivity index (χ4n) is 1.11. The molecule has 4 nitrogen and oxygen atoms in total. The molecular formula is C10H14FN3O. The smallest absolute Gasteiger partial charge is 0.216 e. The van der Waals surface area contributed by atoms with Crippen molar-refractivity contribution in [3.63, 3.8) is 0 Å². The van der Waals surface area contributed by atoms with Crippen LogP contribution < -0.4 is 10.6 Å². The Kier molecular flexibility index (Phi) is 4.70. The first kappa shape index (κ1) is 11.6. The molecule has 1 heterocycles. The van der Waals surface area contributed by atoms with Crippen LogP contribution in [0.25, 0.3) is 0 Å². The molecule has 1 aromatic rings. The highest BCUT2D eigenvalue weighted by Gasteiger charge is 1.95. The Morgan fingerprint density at radius 1 is 1.47 bits per heavy atom. The lowest BCUT2D eigenvalue weighted by molar-refractivity contribution is -0.118. The van der Waals surface area contributed by atoms with Crippen molar-refractivity contribution in [2.75, 3.05) is 13.1 Å². The maximum absolute atomic E-state index is 12.7.